The van der Waals surface area contributed by atoms with E-state index in [0.29, 0.717) is 11.3 Å². The van der Waals surface area contributed by atoms with E-state index in [1.807, 2.05) is 67.5 Å². The molecule has 19 heavy (non-hydrogen) atoms. The summed E-state index contributed by atoms with van der Waals surface area (Å²) in [7, 11) is 3.99. The molecule has 0 unspecified atom stereocenters. The Kier molecular flexibility index (Phi) is 4.08. The first-order valence-corrected chi connectivity index (χ1v) is 6.06. The first-order chi connectivity index (χ1) is 9.20. The van der Waals surface area contributed by atoms with Crippen LogP contribution in [0.4, 0.5) is 5.69 Å². The van der Waals surface area contributed by atoms with Crippen LogP contribution in [0.3, 0.4) is 0 Å². The van der Waals surface area contributed by atoms with E-state index in [4.69, 9.17) is 0 Å². The number of carbonyl (C=O) groups excluding carboxylic acids is 1. The quantitative estimate of drug-likeness (QED) is 0.619. The van der Waals surface area contributed by atoms with Crippen LogP contribution in [0.5, 0.6) is 0 Å². The van der Waals surface area contributed by atoms with Gasteiger partial charge in [-0.1, -0.05) is 18.2 Å². The van der Waals surface area contributed by atoms with E-state index >= 15 is 0 Å². The van der Waals surface area contributed by atoms with Gasteiger partial charge in [0.15, 0.2) is 6.29 Å². The van der Waals surface area contributed by atoms with Gasteiger partial charge in [0.2, 0.25) is 0 Å². The van der Waals surface area contributed by atoms with E-state index in [-0.39, 0.29) is 0 Å². The third-order valence-corrected chi connectivity index (χ3v) is 2.82. The van der Waals surface area contributed by atoms with Crippen molar-refractivity contribution in [2.45, 2.75) is 0 Å². The summed E-state index contributed by atoms with van der Waals surface area (Å²) in [5.41, 5.74) is 3.38. The maximum absolute atomic E-state index is 11.2. The van der Waals surface area contributed by atoms with Crippen molar-refractivity contribution in [1.29, 1.82) is 0 Å². The van der Waals surface area contributed by atoms with Crippen LogP contribution in [0.15, 0.2) is 48.7 Å². The lowest BCUT2D eigenvalue weighted by Crippen LogP contribution is -2.07. The number of allylic oxidation sites excluding steroid dienone is 1. The molecule has 0 radical (unpaired) electrons. The van der Waals surface area contributed by atoms with Gasteiger partial charge in [0, 0.05) is 31.6 Å². The van der Waals surface area contributed by atoms with Crippen LogP contribution in [-0.4, -0.2) is 25.4 Å². The van der Waals surface area contributed by atoms with Gasteiger partial charge < -0.3 is 4.90 Å². The van der Waals surface area contributed by atoms with Crippen molar-refractivity contribution >= 4 is 23.6 Å². The lowest BCUT2D eigenvalue weighted by molar-refractivity contribution is -0.103. The van der Waals surface area contributed by atoms with E-state index < -0.39 is 0 Å². The zero-order chi connectivity index (χ0) is 13.7. The molecule has 0 aliphatic carbocycles. The molecule has 2 rings (SSSR count). The molecule has 3 heteroatoms. The Hall–Kier alpha value is -2.42. The molecule has 96 valence electrons. The second-order valence-electron chi connectivity index (χ2n) is 4.42. The van der Waals surface area contributed by atoms with Gasteiger partial charge in [-0.05, 0) is 35.9 Å². The number of aldehydes is 1. The minimum Gasteiger partial charge on any atom is -0.378 e. The predicted octanol–water partition coefficient (Wildman–Crippen LogP) is 2.89. The largest absolute Gasteiger partial charge is 0.378 e. The zero-order valence-corrected chi connectivity index (χ0v) is 11.1. The maximum atomic E-state index is 11.2. The number of aromatic nitrogens is 1. The lowest BCUT2D eigenvalue weighted by atomic mass is 10.1. The van der Waals surface area contributed by atoms with Crippen LogP contribution in [-0.2, 0) is 4.79 Å². The molecule has 0 saturated heterocycles. The second-order valence-corrected chi connectivity index (χ2v) is 4.42. The van der Waals surface area contributed by atoms with Crippen LogP contribution < -0.4 is 4.90 Å². The van der Waals surface area contributed by atoms with Crippen LogP contribution >= 0.6 is 0 Å². The molecule has 0 atom stereocenters. The molecule has 0 aliphatic heterocycles. The Morgan fingerprint density at radius 1 is 1.11 bits per heavy atom. The Morgan fingerprint density at radius 3 is 2.37 bits per heavy atom. The molecule has 0 bridgehead atoms. The number of anilines is 1. The van der Waals surface area contributed by atoms with E-state index in [1.54, 1.807) is 6.20 Å². The minimum absolute atomic E-state index is 0.582. The fourth-order valence-electron chi connectivity index (χ4n) is 1.75. The molecule has 1 aromatic carbocycles. The molecular weight excluding hydrogens is 236 g/mol. The lowest BCUT2D eigenvalue weighted by Gasteiger charge is -2.11. The molecule has 1 aromatic heterocycles. The molecule has 0 spiro atoms. The molecular formula is C16H16N2O. The third kappa shape index (κ3) is 3.28. The van der Waals surface area contributed by atoms with Crippen molar-refractivity contribution in [3.63, 3.8) is 0 Å². The van der Waals surface area contributed by atoms with Gasteiger partial charge >= 0.3 is 0 Å². The molecule has 3 nitrogen and oxygen atoms in total. The van der Waals surface area contributed by atoms with E-state index in [9.17, 15) is 4.79 Å². The first kappa shape index (κ1) is 13.0. The number of pyridine rings is 1. The summed E-state index contributed by atoms with van der Waals surface area (Å²) < 4.78 is 0. The number of benzene rings is 1. The molecule has 0 amide bonds. The number of carbonyl (C=O) groups is 1. The van der Waals surface area contributed by atoms with Crippen molar-refractivity contribution in [3.05, 3.63) is 59.9 Å². The summed E-state index contributed by atoms with van der Waals surface area (Å²) in [6.07, 6.45) is 4.36. The highest BCUT2D eigenvalue weighted by molar-refractivity contribution is 6.12. The van der Waals surface area contributed by atoms with Crippen molar-refractivity contribution < 1.29 is 4.79 Å². The number of hydrogen-bond donors (Lipinski definition) is 0. The fraction of sp³-hybridized carbons (Fsp3) is 0.125. The molecule has 1 heterocycles. The van der Waals surface area contributed by atoms with Gasteiger partial charge in [0.05, 0.1) is 5.69 Å². The second kappa shape index (κ2) is 5.96. The van der Waals surface area contributed by atoms with Crippen molar-refractivity contribution in [2.75, 3.05) is 19.0 Å². The van der Waals surface area contributed by atoms with E-state index in [0.717, 1.165) is 17.5 Å². The summed E-state index contributed by atoms with van der Waals surface area (Å²) in [6.45, 7) is 0. The number of hydrogen-bond acceptors (Lipinski definition) is 3. The van der Waals surface area contributed by atoms with Crippen LogP contribution in [0, 0.1) is 0 Å². The van der Waals surface area contributed by atoms with E-state index in [1.165, 1.54) is 0 Å². The van der Waals surface area contributed by atoms with Gasteiger partial charge in [0.1, 0.15) is 0 Å². The first-order valence-electron chi connectivity index (χ1n) is 6.06. The van der Waals surface area contributed by atoms with Crippen LogP contribution in [0.1, 0.15) is 11.3 Å². The Balaban J connectivity index is 2.30. The van der Waals surface area contributed by atoms with Crippen LogP contribution in [0.25, 0.3) is 11.6 Å². The van der Waals surface area contributed by atoms with E-state index in [2.05, 4.69) is 4.98 Å². The molecule has 0 saturated carbocycles. The third-order valence-electron chi connectivity index (χ3n) is 2.82. The molecule has 0 N–H and O–H groups in total. The maximum Gasteiger partial charge on any atom is 0.152 e. The summed E-state index contributed by atoms with van der Waals surface area (Å²) in [6, 6.07) is 13.5. The summed E-state index contributed by atoms with van der Waals surface area (Å²) >= 11 is 0. The number of rotatable bonds is 4. The standard InChI is InChI=1S/C16H16N2O/c1-18(2)15-8-6-13(7-9-15)11-14(12-19)16-5-3-4-10-17-16/h3-12H,1-2H3. The highest BCUT2D eigenvalue weighted by atomic mass is 16.1. The van der Waals surface area contributed by atoms with Crippen molar-refractivity contribution in [2.24, 2.45) is 0 Å². The topological polar surface area (TPSA) is 33.2 Å². The highest BCUT2D eigenvalue weighted by Crippen LogP contribution is 2.17. The molecule has 2 aromatic rings. The predicted molar refractivity (Wildman–Crippen MR) is 78.9 cm³/mol. The Morgan fingerprint density at radius 2 is 1.84 bits per heavy atom. The average Bonchev–Trinajstić information content (AvgIpc) is 2.46. The van der Waals surface area contributed by atoms with Crippen LogP contribution in [0.2, 0.25) is 0 Å². The van der Waals surface area contributed by atoms with Gasteiger partial charge in [0.25, 0.3) is 0 Å². The smallest absolute Gasteiger partial charge is 0.152 e. The summed E-state index contributed by atoms with van der Waals surface area (Å²) in [4.78, 5) is 17.4. The van der Waals surface area contributed by atoms with Crippen molar-refractivity contribution in [1.82, 2.24) is 4.98 Å². The average molecular weight is 252 g/mol. The zero-order valence-electron chi connectivity index (χ0n) is 11.1. The SMILES string of the molecule is CN(C)c1ccc(C=C(C=O)c2ccccn2)cc1. The Labute approximate surface area is 113 Å². The van der Waals surface area contributed by atoms with Gasteiger partial charge in [-0.2, -0.15) is 0 Å². The molecule has 0 fully saturated rings. The van der Waals surface area contributed by atoms with Gasteiger partial charge in [-0.15, -0.1) is 0 Å². The summed E-state index contributed by atoms with van der Waals surface area (Å²) in [5.74, 6) is 0. The monoisotopic (exact) mass is 252 g/mol. The minimum atomic E-state index is 0.582. The Bertz CT molecular complexity index is 571. The van der Waals surface area contributed by atoms with Crippen molar-refractivity contribution in [3.8, 4) is 0 Å². The summed E-state index contributed by atoms with van der Waals surface area (Å²) in [5, 5.41) is 0. The number of nitrogens with zero attached hydrogens (tertiary/aromatic N) is 2. The fourth-order valence-corrected chi connectivity index (χ4v) is 1.75. The van der Waals surface area contributed by atoms with Gasteiger partial charge in [-0.3, -0.25) is 9.78 Å². The normalized spacial score (nSPS) is 11.2. The highest BCUT2D eigenvalue weighted by Gasteiger charge is 2.01. The van der Waals surface area contributed by atoms with Gasteiger partial charge in [-0.25, -0.2) is 0 Å². The molecule has 0 aliphatic rings.